The smallest absolute Gasteiger partial charge is 0.255 e. The summed E-state index contributed by atoms with van der Waals surface area (Å²) < 4.78 is 1.17. The van der Waals surface area contributed by atoms with Gasteiger partial charge in [-0.3, -0.25) is 9.59 Å². The molecule has 0 aliphatic rings. The molecule has 2 N–H and O–H groups in total. The predicted octanol–water partition coefficient (Wildman–Crippen LogP) is 5.48. The van der Waals surface area contributed by atoms with Crippen molar-refractivity contribution in [3.8, 4) is 10.6 Å². The van der Waals surface area contributed by atoms with Gasteiger partial charge in [0.1, 0.15) is 5.01 Å². The number of hydrogen-bond donors (Lipinski definition) is 2. The minimum Gasteiger partial charge on any atom is -0.326 e. The molecule has 0 fully saturated rings. The zero-order chi connectivity index (χ0) is 20.4. The topological polar surface area (TPSA) is 71.1 Å². The Hall–Kier alpha value is -3.51. The van der Waals surface area contributed by atoms with E-state index in [-0.39, 0.29) is 11.8 Å². The first-order valence-corrected chi connectivity index (χ1v) is 9.96. The van der Waals surface area contributed by atoms with Crippen LogP contribution in [0.3, 0.4) is 0 Å². The van der Waals surface area contributed by atoms with Crippen LogP contribution in [0.2, 0.25) is 0 Å². The molecule has 4 aromatic rings. The van der Waals surface area contributed by atoms with Crippen LogP contribution < -0.4 is 10.6 Å². The molecule has 4 rings (SSSR count). The van der Waals surface area contributed by atoms with Crippen molar-refractivity contribution in [3.05, 3.63) is 77.9 Å². The molecule has 0 saturated heterocycles. The van der Waals surface area contributed by atoms with Gasteiger partial charge < -0.3 is 10.6 Å². The lowest BCUT2D eigenvalue weighted by Crippen LogP contribution is -2.12. The summed E-state index contributed by atoms with van der Waals surface area (Å²) in [6.07, 6.45) is 0. The lowest BCUT2D eigenvalue weighted by atomic mass is 10.1. The summed E-state index contributed by atoms with van der Waals surface area (Å²) >= 11 is 1.66. The van der Waals surface area contributed by atoms with E-state index in [4.69, 9.17) is 4.98 Å². The number of amides is 2. The summed E-state index contributed by atoms with van der Waals surface area (Å²) in [5, 5.41) is 6.52. The number of nitrogens with zero attached hydrogens (tertiary/aromatic N) is 1. The Bertz CT molecular complexity index is 1200. The van der Waals surface area contributed by atoms with Crippen molar-refractivity contribution in [1.82, 2.24) is 4.98 Å². The average Bonchev–Trinajstić information content (AvgIpc) is 3.11. The molecule has 5 nitrogen and oxygen atoms in total. The molecule has 3 aromatic carbocycles. The highest BCUT2D eigenvalue weighted by Gasteiger charge is 2.09. The van der Waals surface area contributed by atoms with Gasteiger partial charge in [0.2, 0.25) is 5.91 Å². The van der Waals surface area contributed by atoms with Crippen molar-refractivity contribution in [2.45, 2.75) is 13.8 Å². The van der Waals surface area contributed by atoms with Crippen molar-refractivity contribution < 1.29 is 9.59 Å². The Morgan fingerprint density at radius 3 is 2.21 bits per heavy atom. The number of anilines is 2. The van der Waals surface area contributed by atoms with Crippen LogP contribution in [0.1, 0.15) is 22.8 Å². The van der Waals surface area contributed by atoms with Crippen LogP contribution in [-0.2, 0) is 4.79 Å². The predicted molar refractivity (Wildman–Crippen MR) is 118 cm³/mol. The molecule has 6 heteroatoms. The van der Waals surface area contributed by atoms with Crippen LogP contribution in [0, 0.1) is 6.92 Å². The lowest BCUT2D eigenvalue weighted by Gasteiger charge is -2.07. The summed E-state index contributed by atoms with van der Waals surface area (Å²) in [6, 6.07) is 20.7. The molecule has 1 aromatic heterocycles. The van der Waals surface area contributed by atoms with Crippen LogP contribution in [0.4, 0.5) is 11.4 Å². The number of carbonyl (C=O) groups excluding carboxylic acids is 2. The molecule has 0 saturated carbocycles. The Labute approximate surface area is 172 Å². The fourth-order valence-corrected chi connectivity index (χ4v) is 4.03. The first kappa shape index (κ1) is 18.8. The van der Waals surface area contributed by atoms with Crippen molar-refractivity contribution in [1.29, 1.82) is 0 Å². The molecular weight excluding hydrogens is 382 g/mol. The zero-order valence-electron chi connectivity index (χ0n) is 16.0. The first-order valence-electron chi connectivity index (χ1n) is 9.14. The number of fused-ring (bicyclic) bond motifs is 1. The minimum absolute atomic E-state index is 0.148. The highest BCUT2D eigenvalue weighted by molar-refractivity contribution is 7.21. The van der Waals surface area contributed by atoms with Gasteiger partial charge in [0, 0.05) is 29.4 Å². The van der Waals surface area contributed by atoms with Crippen molar-refractivity contribution >= 4 is 44.7 Å². The van der Waals surface area contributed by atoms with E-state index in [1.165, 1.54) is 17.2 Å². The third-order valence-corrected chi connectivity index (χ3v) is 5.47. The van der Waals surface area contributed by atoms with E-state index in [9.17, 15) is 9.59 Å². The Balaban J connectivity index is 1.47. The summed E-state index contributed by atoms with van der Waals surface area (Å²) in [5.41, 5.74) is 5.11. The van der Waals surface area contributed by atoms with Gasteiger partial charge in [-0.05, 0) is 73.2 Å². The molecule has 0 unspecified atom stereocenters. The van der Waals surface area contributed by atoms with Gasteiger partial charge >= 0.3 is 0 Å². The maximum Gasteiger partial charge on any atom is 0.255 e. The number of aromatic nitrogens is 1. The van der Waals surface area contributed by atoms with Crippen molar-refractivity contribution in [2.75, 3.05) is 10.6 Å². The lowest BCUT2D eigenvalue weighted by molar-refractivity contribution is -0.114. The van der Waals surface area contributed by atoms with Gasteiger partial charge in [0.15, 0.2) is 0 Å². The molecule has 0 atom stereocenters. The Morgan fingerprint density at radius 1 is 0.862 bits per heavy atom. The quantitative estimate of drug-likeness (QED) is 0.475. The fourth-order valence-electron chi connectivity index (χ4n) is 2.96. The van der Waals surface area contributed by atoms with Crippen LogP contribution in [0.15, 0.2) is 66.7 Å². The van der Waals surface area contributed by atoms with Gasteiger partial charge in [-0.25, -0.2) is 4.98 Å². The zero-order valence-corrected chi connectivity index (χ0v) is 16.8. The normalized spacial score (nSPS) is 10.7. The summed E-state index contributed by atoms with van der Waals surface area (Å²) in [4.78, 5) is 28.2. The third kappa shape index (κ3) is 4.33. The number of carbonyl (C=O) groups is 2. The summed E-state index contributed by atoms with van der Waals surface area (Å²) in [7, 11) is 0. The summed E-state index contributed by atoms with van der Waals surface area (Å²) in [5.74, 6) is -0.354. The van der Waals surface area contributed by atoms with Gasteiger partial charge in [-0.15, -0.1) is 11.3 Å². The molecule has 0 aliphatic carbocycles. The van der Waals surface area contributed by atoms with Crippen LogP contribution in [0.25, 0.3) is 20.8 Å². The van der Waals surface area contributed by atoms with Gasteiger partial charge in [0.05, 0.1) is 10.2 Å². The molecule has 144 valence electrons. The molecular formula is C23H19N3O2S. The number of rotatable bonds is 4. The SMILES string of the molecule is CC(=O)Nc1ccc(C(=O)Nc2ccc(-c3nc4ccc(C)cc4s3)cc2)cc1. The van der Waals surface area contributed by atoms with E-state index in [2.05, 4.69) is 29.7 Å². The van der Waals surface area contributed by atoms with Crippen LogP contribution >= 0.6 is 11.3 Å². The summed E-state index contributed by atoms with van der Waals surface area (Å²) in [6.45, 7) is 3.52. The van der Waals surface area contributed by atoms with E-state index in [1.54, 1.807) is 35.6 Å². The first-order chi connectivity index (χ1) is 14.0. The molecule has 0 aliphatic heterocycles. The second kappa shape index (κ2) is 7.85. The van der Waals surface area contributed by atoms with E-state index < -0.39 is 0 Å². The van der Waals surface area contributed by atoms with Crippen LogP contribution in [-0.4, -0.2) is 16.8 Å². The van der Waals surface area contributed by atoms with Gasteiger partial charge in [0.25, 0.3) is 5.91 Å². The monoisotopic (exact) mass is 401 g/mol. The second-order valence-electron chi connectivity index (χ2n) is 6.78. The number of benzene rings is 3. The van der Waals surface area contributed by atoms with Crippen LogP contribution in [0.5, 0.6) is 0 Å². The van der Waals surface area contributed by atoms with E-state index in [0.29, 0.717) is 16.9 Å². The van der Waals surface area contributed by atoms with Crippen molar-refractivity contribution in [3.63, 3.8) is 0 Å². The molecule has 0 bridgehead atoms. The Morgan fingerprint density at radius 2 is 1.52 bits per heavy atom. The average molecular weight is 401 g/mol. The fraction of sp³-hybridized carbons (Fsp3) is 0.0870. The maximum absolute atomic E-state index is 12.4. The van der Waals surface area contributed by atoms with E-state index >= 15 is 0 Å². The highest BCUT2D eigenvalue weighted by atomic mass is 32.1. The highest BCUT2D eigenvalue weighted by Crippen LogP contribution is 2.31. The molecule has 29 heavy (non-hydrogen) atoms. The standard InChI is InChI=1S/C23H19N3O2S/c1-14-3-12-20-21(13-14)29-23(26-20)17-6-10-19(11-7-17)25-22(28)16-4-8-18(9-5-16)24-15(2)27/h3-13H,1-2H3,(H,24,27)(H,25,28). The van der Waals surface area contributed by atoms with Gasteiger partial charge in [-0.2, -0.15) is 0 Å². The molecule has 0 spiro atoms. The molecule has 2 amide bonds. The van der Waals surface area contributed by atoms with E-state index in [1.807, 2.05) is 30.3 Å². The van der Waals surface area contributed by atoms with Gasteiger partial charge in [-0.1, -0.05) is 6.07 Å². The number of hydrogen-bond acceptors (Lipinski definition) is 4. The maximum atomic E-state index is 12.4. The third-order valence-electron chi connectivity index (χ3n) is 4.40. The number of aryl methyl sites for hydroxylation is 1. The molecule has 0 radical (unpaired) electrons. The molecule has 1 heterocycles. The van der Waals surface area contributed by atoms with Crippen molar-refractivity contribution in [2.24, 2.45) is 0 Å². The van der Waals surface area contributed by atoms with E-state index in [0.717, 1.165) is 16.1 Å². The second-order valence-corrected chi connectivity index (χ2v) is 7.81. The number of thiazole rings is 1. The minimum atomic E-state index is -0.206. The number of nitrogens with one attached hydrogen (secondary N) is 2. The largest absolute Gasteiger partial charge is 0.326 e. The Kier molecular flexibility index (Phi) is 5.10.